The van der Waals surface area contributed by atoms with Crippen LogP contribution in [0, 0.1) is 0 Å². The van der Waals surface area contributed by atoms with Gasteiger partial charge < -0.3 is 19.3 Å². The number of nitrogens with zero attached hydrogens (tertiary/aromatic N) is 2. The molecule has 0 saturated carbocycles. The van der Waals surface area contributed by atoms with Crippen molar-refractivity contribution in [3.63, 3.8) is 0 Å². The number of likely N-dealkylation sites (tertiary alicyclic amines) is 1. The molecular weight excluding hydrogens is 669 g/mol. The molecule has 1 aliphatic rings. The highest BCUT2D eigenvalue weighted by atomic mass is 16.5. The molecule has 316 valence electrons. The lowest BCUT2D eigenvalue weighted by Crippen LogP contribution is -2.36. The average molecular weight is 759 g/mol. The third kappa shape index (κ3) is 36.0. The Balaban J connectivity index is 2.05. The van der Waals surface area contributed by atoms with Crippen LogP contribution in [0.15, 0.2) is 24.3 Å². The second-order valence-corrected chi connectivity index (χ2v) is 16.2. The minimum atomic E-state index is -0.114. The second-order valence-electron chi connectivity index (χ2n) is 16.2. The Bertz CT molecular complexity index is 809. The zero-order valence-corrected chi connectivity index (χ0v) is 36.1. The molecule has 0 amide bonds. The predicted octanol–water partition coefficient (Wildman–Crippen LogP) is 13.3. The summed E-state index contributed by atoms with van der Waals surface area (Å²) < 4.78 is 11.2. The summed E-state index contributed by atoms with van der Waals surface area (Å²) in [5, 5.41) is 0. The van der Waals surface area contributed by atoms with Gasteiger partial charge in [0.05, 0.1) is 26.1 Å². The van der Waals surface area contributed by atoms with Gasteiger partial charge in [-0.05, 0) is 90.1 Å². The monoisotopic (exact) mass is 759 g/mol. The Morgan fingerprint density at radius 2 is 0.796 bits per heavy atom. The third-order valence-electron chi connectivity index (χ3n) is 11.0. The number of rotatable bonds is 41. The lowest BCUT2D eigenvalue weighted by atomic mass is 10.1. The van der Waals surface area contributed by atoms with Crippen molar-refractivity contribution in [3.8, 4) is 0 Å². The fraction of sp³-hybridized carbons (Fsp3) is 0.875. The van der Waals surface area contributed by atoms with Crippen LogP contribution in [0.5, 0.6) is 0 Å². The fourth-order valence-corrected chi connectivity index (χ4v) is 7.34. The SMILES string of the molecule is CCCCCCCC/C=C\CCCCCCCCOC(=O)CCN(CCC(=O)OCCCCCCCC/C=C\CCCCCCCC)CCN1CCCC1. The van der Waals surface area contributed by atoms with Crippen LogP contribution in [0.1, 0.15) is 219 Å². The fourth-order valence-electron chi connectivity index (χ4n) is 7.34. The Kier molecular flexibility index (Phi) is 38.2. The van der Waals surface area contributed by atoms with E-state index in [0.717, 1.165) is 51.9 Å². The molecule has 0 atom stereocenters. The van der Waals surface area contributed by atoms with Crippen molar-refractivity contribution in [2.75, 3.05) is 52.5 Å². The van der Waals surface area contributed by atoms with Gasteiger partial charge in [-0.15, -0.1) is 0 Å². The standard InChI is InChI=1S/C48H90N2O4/c1-3-5-7-9-11-13-15-17-19-21-23-25-27-29-31-35-45-53-47(51)37-41-50(44-43-49-39-33-34-40-49)42-38-48(52)54-46-36-32-30-28-26-24-22-20-18-16-14-12-10-8-6-4-2/h17-20H,3-16,21-46H2,1-2H3/b19-17-,20-18-. The van der Waals surface area contributed by atoms with Gasteiger partial charge in [0.25, 0.3) is 0 Å². The van der Waals surface area contributed by atoms with Crippen LogP contribution in [0.2, 0.25) is 0 Å². The van der Waals surface area contributed by atoms with E-state index in [1.807, 2.05) is 0 Å². The first kappa shape index (κ1) is 50.4. The van der Waals surface area contributed by atoms with E-state index in [1.54, 1.807) is 0 Å². The number of hydrogen-bond donors (Lipinski definition) is 0. The Morgan fingerprint density at radius 3 is 1.17 bits per heavy atom. The molecule has 0 spiro atoms. The van der Waals surface area contributed by atoms with E-state index in [-0.39, 0.29) is 11.9 Å². The molecule has 1 rings (SSSR count). The van der Waals surface area contributed by atoms with E-state index >= 15 is 0 Å². The summed E-state index contributed by atoms with van der Waals surface area (Å²) in [7, 11) is 0. The van der Waals surface area contributed by atoms with E-state index in [0.29, 0.717) is 39.1 Å². The second kappa shape index (κ2) is 41.0. The molecule has 1 saturated heterocycles. The topological polar surface area (TPSA) is 59.1 Å². The number of carbonyl (C=O) groups excluding carboxylic acids is 2. The van der Waals surface area contributed by atoms with Crippen molar-refractivity contribution in [2.24, 2.45) is 0 Å². The molecule has 0 aromatic carbocycles. The molecule has 0 N–H and O–H groups in total. The Labute approximate surface area is 336 Å². The van der Waals surface area contributed by atoms with Crippen molar-refractivity contribution < 1.29 is 19.1 Å². The number of ether oxygens (including phenoxy) is 2. The highest BCUT2D eigenvalue weighted by Gasteiger charge is 2.16. The van der Waals surface area contributed by atoms with Crippen molar-refractivity contribution in [1.29, 1.82) is 0 Å². The van der Waals surface area contributed by atoms with Crippen LogP contribution in [0.25, 0.3) is 0 Å². The summed E-state index contributed by atoms with van der Waals surface area (Å²) in [5.74, 6) is -0.229. The maximum absolute atomic E-state index is 12.5. The third-order valence-corrected chi connectivity index (χ3v) is 11.0. The molecule has 0 aromatic heterocycles. The predicted molar refractivity (Wildman–Crippen MR) is 232 cm³/mol. The minimum Gasteiger partial charge on any atom is -0.466 e. The molecule has 54 heavy (non-hydrogen) atoms. The van der Waals surface area contributed by atoms with Gasteiger partial charge in [0, 0.05) is 26.2 Å². The maximum Gasteiger partial charge on any atom is 0.307 e. The van der Waals surface area contributed by atoms with Crippen LogP contribution in [0.4, 0.5) is 0 Å². The van der Waals surface area contributed by atoms with Crippen molar-refractivity contribution in [2.45, 2.75) is 219 Å². The van der Waals surface area contributed by atoms with Gasteiger partial charge in [0.15, 0.2) is 0 Å². The van der Waals surface area contributed by atoms with E-state index < -0.39 is 0 Å². The molecule has 0 aliphatic carbocycles. The molecule has 6 heteroatoms. The van der Waals surface area contributed by atoms with Gasteiger partial charge in [0.1, 0.15) is 0 Å². The molecule has 0 aromatic rings. The van der Waals surface area contributed by atoms with Crippen LogP contribution < -0.4 is 0 Å². The molecule has 0 radical (unpaired) electrons. The quantitative estimate of drug-likeness (QED) is 0.0351. The Morgan fingerprint density at radius 1 is 0.463 bits per heavy atom. The summed E-state index contributed by atoms with van der Waals surface area (Å²) in [6.07, 6.45) is 48.5. The minimum absolute atomic E-state index is 0.114. The molecule has 1 aliphatic heterocycles. The average Bonchev–Trinajstić information content (AvgIpc) is 3.71. The zero-order valence-electron chi connectivity index (χ0n) is 36.1. The van der Waals surface area contributed by atoms with E-state index in [1.165, 1.54) is 167 Å². The first-order chi connectivity index (χ1) is 26.7. The van der Waals surface area contributed by atoms with Gasteiger partial charge in [-0.1, -0.05) is 154 Å². The molecule has 0 bridgehead atoms. The summed E-state index contributed by atoms with van der Waals surface area (Å²) in [5.41, 5.74) is 0. The highest BCUT2D eigenvalue weighted by molar-refractivity contribution is 5.70. The summed E-state index contributed by atoms with van der Waals surface area (Å²) in [4.78, 5) is 29.8. The molecular formula is C48H90N2O4. The summed E-state index contributed by atoms with van der Waals surface area (Å²) >= 11 is 0. The molecule has 0 unspecified atom stereocenters. The van der Waals surface area contributed by atoms with E-state index in [2.05, 4.69) is 48.0 Å². The zero-order chi connectivity index (χ0) is 38.8. The van der Waals surface area contributed by atoms with Crippen molar-refractivity contribution >= 4 is 11.9 Å². The number of hydrogen-bond acceptors (Lipinski definition) is 6. The first-order valence-corrected chi connectivity index (χ1v) is 23.7. The molecule has 6 nitrogen and oxygen atoms in total. The van der Waals surface area contributed by atoms with Gasteiger partial charge in [-0.25, -0.2) is 0 Å². The van der Waals surface area contributed by atoms with Crippen LogP contribution in [-0.2, 0) is 19.1 Å². The van der Waals surface area contributed by atoms with Crippen molar-refractivity contribution in [1.82, 2.24) is 9.80 Å². The lowest BCUT2D eigenvalue weighted by Gasteiger charge is -2.24. The van der Waals surface area contributed by atoms with Crippen molar-refractivity contribution in [3.05, 3.63) is 24.3 Å². The van der Waals surface area contributed by atoms with E-state index in [9.17, 15) is 9.59 Å². The smallest absolute Gasteiger partial charge is 0.307 e. The highest BCUT2D eigenvalue weighted by Crippen LogP contribution is 2.13. The number of unbranched alkanes of at least 4 members (excludes halogenated alkanes) is 24. The lowest BCUT2D eigenvalue weighted by molar-refractivity contribution is -0.144. The number of esters is 2. The van der Waals surface area contributed by atoms with Gasteiger partial charge in [0.2, 0.25) is 0 Å². The van der Waals surface area contributed by atoms with Gasteiger partial charge >= 0.3 is 11.9 Å². The number of allylic oxidation sites excluding steroid dienone is 4. The van der Waals surface area contributed by atoms with Crippen LogP contribution >= 0.6 is 0 Å². The summed E-state index contributed by atoms with van der Waals surface area (Å²) in [6, 6.07) is 0. The maximum atomic E-state index is 12.5. The Hall–Kier alpha value is -1.66. The molecule has 1 heterocycles. The van der Waals surface area contributed by atoms with Crippen LogP contribution in [-0.4, -0.2) is 74.2 Å². The van der Waals surface area contributed by atoms with Gasteiger partial charge in [-0.3, -0.25) is 9.59 Å². The summed E-state index contributed by atoms with van der Waals surface area (Å²) in [6.45, 7) is 11.1. The number of carbonyl (C=O) groups is 2. The first-order valence-electron chi connectivity index (χ1n) is 23.7. The molecule has 1 fully saturated rings. The van der Waals surface area contributed by atoms with Gasteiger partial charge in [-0.2, -0.15) is 0 Å². The normalized spacial score (nSPS) is 13.6. The largest absolute Gasteiger partial charge is 0.466 e. The van der Waals surface area contributed by atoms with E-state index in [4.69, 9.17) is 9.47 Å². The van der Waals surface area contributed by atoms with Crippen LogP contribution in [0.3, 0.4) is 0 Å².